The molecule has 2 amide bonds. The number of rotatable bonds is 7. The van der Waals surface area contributed by atoms with Gasteiger partial charge in [0.05, 0.1) is 0 Å². The lowest BCUT2D eigenvalue weighted by molar-refractivity contribution is -0.133. The first-order chi connectivity index (χ1) is 13.0. The summed E-state index contributed by atoms with van der Waals surface area (Å²) in [5, 5.41) is 3.84. The van der Waals surface area contributed by atoms with Crippen LogP contribution in [0.25, 0.3) is 10.3 Å². The van der Waals surface area contributed by atoms with Crippen LogP contribution in [0.2, 0.25) is 0 Å². The number of nitrogens with one attached hydrogen (secondary N) is 1. The number of anilines is 1. The normalized spacial score (nSPS) is 14.8. The fourth-order valence-electron chi connectivity index (χ4n) is 3.01. The van der Waals surface area contributed by atoms with Crippen LogP contribution in [0.5, 0.6) is 0 Å². The van der Waals surface area contributed by atoms with E-state index in [1.165, 1.54) is 0 Å². The van der Waals surface area contributed by atoms with E-state index in [-0.39, 0.29) is 24.7 Å². The van der Waals surface area contributed by atoms with E-state index < -0.39 is 0 Å². The molecular formula is C19H27N5O2S. The largest absolute Gasteiger partial charge is 0.356 e. The zero-order valence-corrected chi connectivity index (χ0v) is 16.8. The third-order valence-corrected chi connectivity index (χ3v) is 5.71. The standard InChI is InChI=1S/C19H27N5O2S/c1-14(2)7-9-20-16(25)5-6-17(26)23-10-12-24(13-11-23)19-22-15-4-3-8-21-18(15)27-19/h3-4,8,14H,5-7,9-13H2,1-2H3,(H,20,25). The summed E-state index contributed by atoms with van der Waals surface area (Å²) in [4.78, 5) is 38.2. The highest BCUT2D eigenvalue weighted by atomic mass is 32.1. The van der Waals surface area contributed by atoms with Crippen LogP contribution in [0.15, 0.2) is 18.3 Å². The number of carbonyl (C=O) groups is 2. The fraction of sp³-hybridized carbons (Fsp3) is 0.579. The molecule has 0 aliphatic carbocycles. The van der Waals surface area contributed by atoms with Gasteiger partial charge in [0.1, 0.15) is 10.3 Å². The molecule has 0 saturated carbocycles. The molecule has 0 radical (unpaired) electrons. The second-order valence-corrected chi connectivity index (χ2v) is 8.18. The van der Waals surface area contributed by atoms with Gasteiger partial charge >= 0.3 is 0 Å². The predicted octanol–water partition coefficient (Wildman–Crippen LogP) is 2.28. The Morgan fingerprint density at radius 2 is 2.00 bits per heavy atom. The van der Waals surface area contributed by atoms with Crippen LogP contribution in [-0.4, -0.2) is 59.4 Å². The Balaban J connectivity index is 1.42. The Morgan fingerprint density at radius 3 is 2.70 bits per heavy atom. The van der Waals surface area contributed by atoms with Gasteiger partial charge in [-0.05, 0) is 24.5 Å². The molecule has 2 aromatic rings. The molecule has 27 heavy (non-hydrogen) atoms. The SMILES string of the molecule is CC(C)CCNC(=O)CCC(=O)N1CCN(c2nc3cccnc3s2)CC1. The summed E-state index contributed by atoms with van der Waals surface area (Å²) in [5.74, 6) is 0.582. The summed E-state index contributed by atoms with van der Waals surface area (Å²) in [7, 11) is 0. The van der Waals surface area contributed by atoms with E-state index in [0.29, 0.717) is 25.6 Å². The van der Waals surface area contributed by atoms with Gasteiger partial charge in [-0.25, -0.2) is 9.97 Å². The molecule has 1 aliphatic rings. The molecule has 146 valence electrons. The molecule has 0 unspecified atom stereocenters. The molecular weight excluding hydrogens is 362 g/mol. The zero-order chi connectivity index (χ0) is 19.2. The lowest BCUT2D eigenvalue weighted by Gasteiger charge is -2.34. The van der Waals surface area contributed by atoms with Crippen molar-refractivity contribution < 1.29 is 9.59 Å². The molecule has 1 fully saturated rings. The van der Waals surface area contributed by atoms with Gasteiger partial charge in [-0.1, -0.05) is 25.2 Å². The van der Waals surface area contributed by atoms with Crippen molar-refractivity contribution >= 4 is 38.6 Å². The van der Waals surface area contributed by atoms with Gasteiger partial charge in [-0.2, -0.15) is 0 Å². The monoisotopic (exact) mass is 389 g/mol. The van der Waals surface area contributed by atoms with Crippen molar-refractivity contribution in [2.45, 2.75) is 33.1 Å². The highest BCUT2D eigenvalue weighted by Crippen LogP contribution is 2.27. The van der Waals surface area contributed by atoms with Crippen molar-refractivity contribution in [2.24, 2.45) is 5.92 Å². The first-order valence-electron chi connectivity index (χ1n) is 9.54. The van der Waals surface area contributed by atoms with Crippen molar-refractivity contribution in [2.75, 3.05) is 37.6 Å². The third kappa shape index (κ3) is 5.38. The topological polar surface area (TPSA) is 78.4 Å². The number of thiazole rings is 1. The number of hydrogen-bond donors (Lipinski definition) is 1. The summed E-state index contributed by atoms with van der Waals surface area (Å²) >= 11 is 1.58. The van der Waals surface area contributed by atoms with Gasteiger partial charge in [0.15, 0.2) is 5.13 Å². The summed E-state index contributed by atoms with van der Waals surface area (Å²) in [6.45, 7) is 7.77. The smallest absolute Gasteiger partial charge is 0.223 e. The Bertz CT molecular complexity index is 750. The molecule has 0 spiro atoms. The van der Waals surface area contributed by atoms with Gasteiger partial charge in [-0.15, -0.1) is 0 Å². The van der Waals surface area contributed by atoms with Crippen LogP contribution in [0.4, 0.5) is 5.13 Å². The molecule has 1 N–H and O–H groups in total. The van der Waals surface area contributed by atoms with E-state index >= 15 is 0 Å². The minimum atomic E-state index is -0.0374. The minimum absolute atomic E-state index is 0.0374. The molecule has 3 heterocycles. The fourth-order valence-corrected chi connectivity index (χ4v) is 3.97. The Morgan fingerprint density at radius 1 is 1.22 bits per heavy atom. The molecule has 7 nitrogen and oxygen atoms in total. The number of pyridine rings is 1. The molecule has 0 bridgehead atoms. The number of fused-ring (bicyclic) bond motifs is 1. The van der Waals surface area contributed by atoms with E-state index in [9.17, 15) is 9.59 Å². The summed E-state index contributed by atoms with van der Waals surface area (Å²) in [6.07, 6.45) is 3.28. The molecule has 1 saturated heterocycles. The van der Waals surface area contributed by atoms with Crippen LogP contribution in [0.1, 0.15) is 33.1 Å². The van der Waals surface area contributed by atoms with Crippen LogP contribution in [0, 0.1) is 5.92 Å². The second kappa shape index (κ2) is 9.12. The van der Waals surface area contributed by atoms with Gasteiger partial charge in [-0.3, -0.25) is 9.59 Å². The van der Waals surface area contributed by atoms with Crippen LogP contribution < -0.4 is 10.2 Å². The van der Waals surface area contributed by atoms with Crippen molar-refractivity contribution in [1.82, 2.24) is 20.2 Å². The average molecular weight is 390 g/mol. The molecule has 8 heteroatoms. The lowest BCUT2D eigenvalue weighted by Crippen LogP contribution is -2.48. The molecule has 3 rings (SSSR count). The number of piperazine rings is 1. The van der Waals surface area contributed by atoms with Gasteiger partial charge < -0.3 is 15.1 Å². The van der Waals surface area contributed by atoms with Gasteiger partial charge in [0.2, 0.25) is 11.8 Å². The van der Waals surface area contributed by atoms with Crippen molar-refractivity contribution in [3.63, 3.8) is 0 Å². The third-order valence-electron chi connectivity index (χ3n) is 4.67. The van der Waals surface area contributed by atoms with Crippen molar-refractivity contribution in [3.05, 3.63) is 18.3 Å². The summed E-state index contributed by atoms with van der Waals surface area (Å²) in [6, 6.07) is 3.86. The van der Waals surface area contributed by atoms with Gasteiger partial charge in [0, 0.05) is 51.8 Å². The number of hydrogen-bond acceptors (Lipinski definition) is 6. The maximum atomic E-state index is 12.4. The summed E-state index contributed by atoms with van der Waals surface area (Å²) in [5.41, 5.74) is 0.916. The second-order valence-electron chi connectivity index (χ2n) is 7.22. The van der Waals surface area contributed by atoms with Crippen molar-refractivity contribution in [3.8, 4) is 0 Å². The van der Waals surface area contributed by atoms with Crippen LogP contribution in [-0.2, 0) is 9.59 Å². The Kier molecular flexibility index (Phi) is 6.60. The number of aromatic nitrogens is 2. The van der Waals surface area contributed by atoms with Crippen molar-refractivity contribution in [1.29, 1.82) is 0 Å². The zero-order valence-electron chi connectivity index (χ0n) is 16.0. The van der Waals surface area contributed by atoms with E-state index in [0.717, 1.165) is 35.0 Å². The lowest BCUT2D eigenvalue weighted by atomic mass is 10.1. The Labute approximate surface area is 163 Å². The number of carbonyl (C=O) groups excluding carboxylic acids is 2. The van der Waals surface area contributed by atoms with E-state index in [1.807, 2.05) is 17.0 Å². The van der Waals surface area contributed by atoms with Crippen LogP contribution >= 0.6 is 11.3 Å². The number of nitrogens with zero attached hydrogens (tertiary/aromatic N) is 4. The Hall–Kier alpha value is -2.22. The minimum Gasteiger partial charge on any atom is -0.356 e. The molecule has 0 aromatic carbocycles. The first-order valence-corrected chi connectivity index (χ1v) is 10.4. The predicted molar refractivity (Wildman–Crippen MR) is 108 cm³/mol. The molecule has 1 aliphatic heterocycles. The van der Waals surface area contributed by atoms with Crippen LogP contribution in [0.3, 0.4) is 0 Å². The van der Waals surface area contributed by atoms with Gasteiger partial charge in [0.25, 0.3) is 0 Å². The highest BCUT2D eigenvalue weighted by molar-refractivity contribution is 7.21. The van der Waals surface area contributed by atoms with E-state index in [4.69, 9.17) is 0 Å². The molecule has 2 aromatic heterocycles. The highest BCUT2D eigenvalue weighted by Gasteiger charge is 2.23. The quantitative estimate of drug-likeness (QED) is 0.786. The molecule has 0 atom stereocenters. The number of amides is 2. The summed E-state index contributed by atoms with van der Waals surface area (Å²) < 4.78 is 0. The first kappa shape index (κ1) is 19.5. The van der Waals surface area contributed by atoms with E-state index in [2.05, 4.69) is 34.0 Å². The average Bonchev–Trinajstić information content (AvgIpc) is 3.10. The van der Waals surface area contributed by atoms with E-state index in [1.54, 1.807) is 17.5 Å². The maximum absolute atomic E-state index is 12.4. The maximum Gasteiger partial charge on any atom is 0.223 e.